The van der Waals surface area contributed by atoms with Crippen LogP contribution in [-0.4, -0.2) is 21.8 Å². The molecular weight excluding hydrogens is 312 g/mol. The zero-order valence-corrected chi connectivity index (χ0v) is 14.1. The lowest BCUT2D eigenvalue weighted by atomic mass is 9.43. The Morgan fingerprint density at radius 3 is 2.30 bits per heavy atom. The molecule has 5 heteroatoms. The molecule has 0 amide bonds. The van der Waals surface area contributed by atoms with Crippen LogP contribution in [0.3, 0.4) is 0 Å². The Kier molecular flexibility index (Phi) is 3.43. The van der Waals surface area contributed by atoms with Gasteiger partial charge < -0.3 is 9.29 Å². The molecule has 1 aromatic carbocycles. The Hall–Kier alpha value is -1.20. The van der Waals surface area contributed by atoms with Crippen LogP contribution in [0.25, 0.3) is 0 Å². The molecule has 0 radical (unpaired) electrons. The molecule has 4 nitrogen and oxygen atoms in total. The number of hydrogen-bond donors (Lipinski definition) is 1. The molecule has 23 heavy (non-hydrogen) atoms. The van der Waals surface area contributed by atoms with E-state index >= 15 is 0 Å². The number of esters is 1. The summed E-state index contributed by atoms with van der Waals surface area (Å²) in [6.45, 7) is 0. The Morgan fingerprint density at radius 2 is 1.78 bits per heavy atom. The molecule has 0 heterocycles. The molecule has 0 spiro atoms. The number of rotatable bonds is 3. The van der Waals surface area contributed by atoms with Crippen LogP contribution in [0.4, 0.5) is 0 Å². The first kappa shape index (κ1) is 15.3. The Bertz CT molecular complexity index is 652. The first-order valence-corrected chi connectivity index (χ1v) is 9.37. The molecule has 4 aliphatic rings. The SMILES string of the molecule is COC(=O)C12CC3CC(C1)CC(c1ccc(S(=O)O)cc1)(C3)C2. The van der Waals surface area contributed by atoms with Gasteiger partial charge in [-0.25, -0.2) is 4.21 Å². The second-order valence-electron chi connectivity index (χ2n) is 7.79. The van der Waals surface area contributed by atoms with Gasteiger partial charge in [0.25, 0.3) is 0 Å². The van der Waals surface area contributed by atoms with Gasteiger partial charge in [0.2, 0.25) is 0 Å². The van der Waals surface area contributed by atoms with Gasteiger partial charge in [-0.3, -0.25) is 4.79 Å². The number of carbonyl (C=O) groups is 1. The molecule has 5 rings (SSSR count). The average molecular weight is 334 g/mol. The fraction of sp³-hybridized carbons (Fsp3) is 0.611. The molecule has 3 unspecified atom stereocenters. The second kappa shape index (κ2) is 5.15. The lowest BCUT2D eigenvalue weighted by Gasteiger charge is -2.61. The first-order valence-electron chi connectivity index (χ1n) is 8.26. The highest BCUT2D eigenvalue weighted by molar-refractivity contribution is 7.79. The van der Waals surface area contributed by atoms with Crippen LogP contribution in [0.5, 0.6) is 0 Å². The van der Waals surface area contributed by atoms with E-state index in [1.54, 1.807) is 12.1 Å². The third kappa shape index (κ3) is 2.28. The van der Waals surface area contributed by atoms with Gasteiger partial charge in [-0.05, 0) is 73.5 Å². The molecule has 4 aliphatic carbocycles. The van der Waals surface area contributed by atoms with Crippen molar-refractivity contribution in [2.24, 2.45) is 17.3 Å². The number of hydrogen-bond acceptors (Lipinski definition) is 3. The summed E-state index contributed by atoms with van der Waals surface area (Å²) in [6, 6.07) is 7.47. The van der Waals surface area contributed by atoms with Crippen molar-refractivity contribution < 1.29 is 18.3 Å². The normalized spacial score (nSPS) is 39.2. The van der Waals surface area contributed by atoms with E-state index in [0.29, 0.717) is 16.7 Å². The highest BCUT2D eigenvalue weighted by Gasteiger charge is 2.61. The zero-order chi connectivity index (χ0) is 16.2. The van der Waals surface area contributed by atoms with Crippen molar-refractivity contribution in [3.63, 3.8) is 0 Å². The third-order valence-corrected chi connectivity index (χ3v) is 7.02. The summed E-state index contributed by atoms with van der Waals surface area (Å²) in [5.74, 6) is 1.16. The third-order valence-electron chi connectivity index (χ3n) is 6.35. The quantitative estimate of drug-likeness (QED) is 0.680. The largest absolute Gasteiger partial charge is 0.469 e. The second-order valence-corrected chi connectivity index (χ2v) is 8.76. The summed E-state index contributed by atoms with van der Waals surface area (Å²) in [5, 5.41) is 0. The highest BCUT2D eigenvalue weighted by atomic mass is 32.2. The highest BCUT2D eigenvalue weighted by Crippen LogP contribution is 2.66. The molecule has 3 atom stereocenters. The Morgan fingerprint density at radius 1 is 1.17 bits per heavy atom. The molecular formula is C18H22O4S. The number of methoxy groups -OCH3 is 1. The van der Waals surface area contributed by atoms with E-state index in [9.17, 15) is 13.6 Å². The Balaban J connectivity index is 1.73. The molecule has 4 saturated carbocycles. The van der Waals surface area contributed by atoms with Gasteiger partial charge in [0.05, 0.1) is 17.4 Å². The monoisotopic (exact) mass is 334 g/mol. The van der Waals surface area contributed by atoms with Crippen LogP contribution in [0.2, 0.25) is 0 Å². The molecule has 0 saturated heterocycles. The van der Waals surface area contributed by atoms with Gasteiger partial charge >= 0.3 is 5.97 Å². The minimum Gasteiger partial charge on any atom is -0.469 e. The summed E-state index contributed by atoms with van der Waals surface area (Å²) < 4.78 is 25.5. The molecule has 4 fully saturated rings. The van der Waals surface area contributed by atoms with Crippen LogP contribution >= 0.6 is 0 Å². The fourth-order valence-electron chi connectivity index (χ4n) is 5.98. The maximum atomic E-state index is 12.5. The van der Waals surface area contributed by atoms with E-state index in [-0.39, 0.29) is 16.8 Å². The smallest absolute Gasteiger partial charge is 0.311 e. The van der Waals surface area contributed by atoms with Gasteiger partial charge in [0, 0.05) is 0 Å². The van der Waals surface area contributed by atoms with E-state index in [0.717, 1.165) is 32.1 Å². The molecule has 0 aromatic heterocycles. The summed E-state index contributed by atoms with van der Waals surface area (Å²) in [7, 11) is 1.50. The van der Waals surface area contributed by atoms with Gasteiger partial charge in [-0.2, -0.15) is 0 Å². The standard InChI is InChI=1S/C18H22O4S/c1-22-16(19)18-9-12-6-13(10-18)8-17(7-12,11-18)14-2-4-15(5-3-14)23(20)21/h2-5,12-13H,6-11H2,1H3,(H,20,21). The summed E-state index contributed by atoms with van der Waals surface area (Å²) in [4.78, 5) is 12.9. The van der Waals surface area contributed by atoms with Gasteiger partial charge in [0.1, 0.15) is 0 Å². The van der Waals surface area contributed by atoms with Crippen molar-refractivity contribution in [1.29, 1.82) is 0 Å². The van der Waals surface area contributed by atoms with E-state index in [2.05, 4.69) is 0 Å². The maximum absolute atomic E-state index is 12.5. The van der Waals surface area contributed by atoms with Crippen molar-refractivity contribution in [3.05, 3.63) is 29.8 Å². The van der Waals surface area contributed by atoms with Crippen molar-refractivity contribution in [2.75, 3.05) is 7.11 Å². The number of carbonyl (C=O) groups excluding carboxylic acids is 1. The van der Waals surface area contributed by atoms with Crippen molar-refractivity contribution in [3.8, 4) is 0 Å². The van der Waals surface area contributed by atoms with E-state index < -0.39 is 11.1 Å². The Labute approximate surface area is 138 Å². The fourth-order valence-corrected chi connectivity index (χ4v) is 6.35. The van der Waals surface area contributed by atoms with E-state index in [4.69, 9.17) is 4.74 Å². The van der Waals surface area contributed by atoms with Gasteiger partial charge in [-0.1, -0.05) is 12.1 Å². The predicted molar refractivity (Wildman–Crippen MR) is 86.3 cm³/mol. The predicted octanol–water partition coefficient (Wildman–Crippen LogP) is 3.28. The van der Waals surface area contributed by atoms with Crippen LogP contribution in [0.15, 0.2) is 29.2 Å². The van der Waals surface area contributed by atoms with Gasteiger partial charge in [-0.15, -0.1) is 0 Å². The van der Waals surface area contributed by atoms with Crippen LogP contribution in [0, 0.1) is 17.3 Å². The molecule has 1 N–H and O–H groups in total. The molecule has 124 valence electrons. The van der Waals surface area contributed by atoms with Crippen LogP contribution in [-0.2, 0) is 26.0 Å². The minimum absolute atomic E-state index is 0.0355. The summed E-state index contributed by atoms with van der Waals surface area (Å²) in [5.41, 5.74) is 0.944. The first-order chi connectivity index (χ1) is 11.0. The van der Waals surface area contributed by atoms with Gasteiger partial charge in [0.15, 0.2) is 11.1 Å². The maximum Gasteiger partial charge on any atom is 0.311 e. The summed E-state index contributed by atoms with van der Waals surface area (Å²) in [6.07, 6.45) is 6.29. The van der Waals surface area contributed by atoms with Crippen LogP contribution < -0.4 is 0 Å². The molecule has 1 aromatic rings. The molecule has 4 bridgehead atoms. The van der Waals surface area contributed by atoms with E-state index in [1.807, 2.05) is 12.1 Å². The lowest BCUT2D eigenvalue weighted by Crippen LogP contribution is -2.57. The summed E-state index contributed by atoms with van der Waals surface area (Å²) >= 11 is -1.94. The van der Waals surface area contributed by atoms with Crippen molar-refractivity contribution in [2.45, 2.75) is 48.8 Å². The van der Waals surface area contributed by atoms with Crippen molar-refractivity contribution >= 4 is 17.0 Å². The topological polar surface area (TPSA) is 63.6 Å². The van der Waals surface area contributed by atoms with E-state index in [1.165, 1.54) is 19.1 Å². The average Bonchev–Trinajstić information content (AvgIpc) is 2.53. The number of benzene rings is 1. The van der Waals surface area contributed by atoms with Crippen molar-refractivity contribution in [1.82, 2.24) is 0 Å². The number of ether oxygens (including phenoxy) is 1. The van der Waals surface area contributed by atoms with Crippen LogP contribution in [0.1, 0.15) is 44.1 Å². The lowest BCUT2D eigenvalue weighted by molar-refractivity contribution is -0.171. The molecule has 0 aliphatic heterocycles. The zero-order valence-electron chi connectivity index (χ0n) is 13.3. The minimum atomic E-state index is -1.94.